The van der Waals surface area contributed by atoms with E-state index in [0.717, 1.165) is 10.9 Å². The highest BCUT2D eigenvalue weighted by Gasteiger charge is 2.05. The molecule has 83 valence electrons. The van der Waals surface area contributed by atoms with Crippen molar-refractivity contribution in [2.45, 2.75) is 6.42 Å². The summed E-state index contributed by atoms with van der Waals surface area (Å²) in [7, 11) is -3.19. The lowest BCUT2D eigenvalue weighted by atomic mass is 10.2. The molecule has 4 nitrogen and oxygen atoms in total. The summed E-state index contributed by atoms with van der Waals surface area (Å²) in [6.07, 6.45) is 3.42. The minimum Gasteiger partial charge on any atom is -0.229 e. The molecule has 0 fully saturated rings. The van der Waals surface area contributed by atoms with Crippen LogP contribution in [0, 0.1) is 6.26 Å². The second kappa shape index (κ2) is 4.17. The van der Waals surface area contributed by atoms with Crippen molar-refractivity contribution in [2.75, 3.05) is 5.75 Å². The first-order valence-corrected chi connectivity index (χ1v) is 6.64. The zero-order valence-electron chi connectivity index (χ0n) is 8.63. The van der Waals surface area contributed by atoms with Gasteiger partial charge in [-0.1, -0.05) is 18.2 Å². The van der Waals surface area contributed by atoms with Crippen molar-refractivity contribution in [3.63, 3.8) is 0 Å². The third kappa shape index (κ3) is 2.76. The van der Waals surface area contributed by atoms with Crippen LogP contribution in [0.25, 0.3) is 10.9 Å². The minimum atomic E-state index is -3.19. The van der Waals surface area contributed by atoms with Crippen LogP contribution < -0.4 is 0 Å². The Bertz CT molecular complexity index is 608. The molecule has 5 heteroatoms. The van der Waals surface area contributed by atoms with E-state index >= 15 is 0 Å². The van der Waals surface area contributed by atoms with Crippen molar-refractivity contribution in [1.82, 2.24) is 10.2 Å². The van der Waals surface area contributed by atoms with E-state index in [1.807, 2.05) is 30.3 Å². The second-order valence-electron chi connectivity index (χ2n) is 3.59. The maximum atomic E-state index is 10.9. The Morgan fingerprint density at radius 2 is 1.94 bits per heavy atom. The smallest absolute Gasteiger partial charge is 0.151 e. The van der Waals surface area contributed by atoms with E-state index in [2.05, 4.69) is 16.5 Å². The summed E-state index contributed by atoms with van der Waals surface area (Å²) in [5, 5.41) is 8.95. The third-order valence-corrected chi connectivity index (χ3v) is 3.04. The molecule has 0 N–H and O–H groups in total. The van der Waals surface area contributed by atoms with Gasteiger partial charge < -0.3 is 0 Å². The molecule has 0 saturated heterocycles. The van der Waals surface area contributed by atoms with E-state index in [9.17, 15) is 8.42 Å². The maximum Gasteiger partial charge on any atom is 0.151 e. The van der Waals surface area contributed by atoms with Crippen LogP contribution in [0.2, 0.25) is 0 Å². The van der Waals surface area contributed by atoms with Gasteiger partial charge in [-0.05, 0) is 12.1 Å². The van der Waals surface area contributed by atoms with E-state index in [0.29, 0.717) is 12.1 Å². The number of rotatable bonds is 3. The molecule has 0 spiro atoms. The first-order chi connectivity index (χ1) is 7.54. The fraction of sp³-hybridized carbons (Fsp3) is 0.182. The van der Waals surface area contributed by atoms with Crippen molar-refractivity contribution >= 4 is 20.7 Å². The van der Waals surface area contributed by atoms with Crippen molar-refractivity contribution in [2.24, 2.45) is 0 Å². The quantitative estimate of drug-likeness (QED) is 0.806. The van der Waals surface area contributed by atoms with Gasteiger partial charge in [0.25, 0.3) is 0 Å². The van der Waals surface area contributed by atoms with Crippen LogP contribution in [-0.2, 0) is 16.3 Å². The topological polar surface area (TPSA) is 59.9 Å². The van der Waals surface area contributed by atoms with Gasteiger partial charge in [-0.2, -0.15) is 10.2 Å². The van der Waals surface area contributed by atoms with E-state index in [-0.39, 0.29) is 5.75 Å². The average Bonchev–Trinajstić information content (AvgIpc) is 2.25. The van der Waals surface area contributed by atoms with Crippen molar-refractivity contribution in [1.29, 1.82) is 0 Å². The standard InChI is InChI=1S/C11H11N2O2S/c1-16(14,15)7-6-10-8-9-4-2-3-5-11(9)13-12-10/h2-5,8H,1,6-7H2. The number of fused-ring (bicyclic) bond motifs is 1. The predicted octanol–water partition coefficient (Wildman–Crippen LogP) is 1.38. The van der Waals surface area contributed by atoms with Crippen LogP contribution in [0.1, 0.15) is 5.69 Å². The molecule has 16 heavy (non-hydrogen) atoms. The molecule has 0 aliphatic heterocycles. The fourth-order valence-corrected chi connectivity index (χ4v) is 1.93. The SMILES string of the molecule is [CH2]S(=O)(=O)CCc1cc2ccccc2nn1. The van der Waals surface area contributed by atoms with Gasteiger partial charge in [0.15, 0.2) is 9.84 Å². The van der Waals surface area contributed by atoms with Gasteiger partial charge in [0.2, 0.25) is 0 Å². The summed E-state index contributed by atoms with van der Waals surface area (Å²) in [6.45, 7) is 0. The molecule has 0 aliphatic rings. The normalized spacial score (nSPS) is 11.8. The molecule has 0 unspecified atom stereocenters. The number of aromatic nitrogens is 2. The van der Waals surface area contributed by atoms with Gasteiger partial charge in [-0.15, -0.1) is 0 Å². The van der Waals surface area contributed by atoms with Gasteiger partial charge in [0.05, 0.1) is 23.2 Å². The molecule has 1 aromatic heterocycles. The highest BCUT2D eigenvalue weighted by molar-refractivity contribution is 7.92. The summed E-state index contributed by atoms with van der Waals surface area (Å²) in [5.74, 6) is 0.0000201. The van der Waals surface area contributed by atoms with Crippen molar-refractivity contribution in [3.05, 3.63) is 42.3 Å². The number of nitrogens with zero attached hydrogens (tertiary/aromatic N) is 2. The van der Waals surface area contributed by atoms with Gasteiger partial charge in [0, 0.05) is 11.8 Å². The van der Waals surface area contributed by atoms with E-state index in [4.69, 9.17) is 0 Å². The second-order valence-corrected chi connectivity index (χ2v) is 5.49. The molecule has 0 atom stereocenters. The van der Waals surface area contributed by atoms with Gasteiger partial charge in [0.1, 0.15) is 0 Å². The van der Waals surface area contributed by atoms with Crippen LogP contribution in [0.15, 0.2) is 30.3 Å². The lowest BCUT2D eigenvalue weighted by molar-refractivity contribution is 0.603. The summed E-state index contributed by atoms with van der Waals surface area (Å²) >= 11 is 0. The Balaban J connectivity index is 2.26. The first kappa shape index (κ1) is 11.0. The highest BCUT2D eigenvalue weighted by Crippen LogP contribution is 2.11. The highest BCUT2D eigenvalue weighted by atomic mass is 32.2. The Kier molecular flexibility index (Phi) is 2.87. The Labute approximate surface area is 94.2 Å². The molecule has 1 aromatic carbocycles. The number of aryl methyl sites for hydroxylation is 1. The number of sulfone groups is 1. The predicted molar refractivity (Wildman–Crippen MR) is 62.4 cm³/mol. The van der Waals surface area contributed by atoms with Crippen LogP contribution in [0.3, 0.4) is 0 Å². The Morgan fingerprint density at radius 1 is 1.19 bits per heavy atom. The largest absolute Gasteiger partial charge is 0.229 e. The van der Waals surface area contributed by atoms with Crippen molar-refractivity contribution < 1.29 is 8.42 Å². The van der Waals surface area contributed by atoms with Crippen LogP contribution in [0.4, 0.5) is 0 Å². The summed E-state index contributed by atoms with van der Waals surface area (Å²) in [4.78, 5) is 0. The fourth-order valence-electron chi connectivity index (χ4n) is 1.41. The monoisotopic (exact) mass is 235 g/mol. The molecule has 0 saturated carbocycles. The summed E-state index contributed by atoms with van der Waals surface area (Å²) in [5.41, 5.74) is 1.48. The molecule has 2 aromatic rings. The van der Waals surface area contributed by atoms with Gasteiger partial charge >= 0.3 is 0 Å². The molecule has 0 aliphatic carbocycles. The lowest BCUT2D eigenvalue weighted by Crippen LogP contribution is -2.05. The summed E-state index contributed by atoms with van der Waals surface area (Å²) < 4.78 is 21.8. The number of benzene rings is 1. The Morgan fingerprint density at radius 3 is 2.69 bits per heavy atom. The van der Waals surface area contributed by atoms with Crippen LogP contribution in [0.5, 0.6) is 0 Å². The van der Waals surface area contributed by atoms with E-state index in [1.165, 1.54) is 0 Å². The Hall–Kier alpha value is -1.49. The average molecular weight is 235 g/mol. The lowest BCUT2D eigenvalue weighted by Gasteiger charge is -2.00. The number of hydrogen-bond donors (Lipinski definition) is 0. The molecule has 0 bridgehead atoms. The van der Waals surface area contributed by atoms with Crippen LogP contribution >= 0.6 is 0 Å². The zero-order chi connectivity index (χ0) is 11.6. The molecule has 2 rings (SSSR count). The maximum absolute atomic E-state index is 10.9. The third-order valence-electron chi connectivity index (χ3n) is 2.21. The van der Waals surface area contributed by atoms with Gasteiger partial charge in [-0.3, -0.25) is 0 Å². The van der Waals surface area contributed by atoms with Crippen molar-refractivity contribution in [3.8, 4) is 0 Å². The molecule has 1 heterocycles. The minimum absolute atomic E-state index is 0.0000201. The number of hydrogen-bond acceptors (Lipinski definition) is 4. The van der Waals surface area contributed by atoms with Gasteiger partial charge in [-0.25, -0.2) is 8.42 Å². The molecular formula is C11H11N2O2S. The van der Waals surface area contributed by atoms with Crippen LogP contribution in [-0.4, -0.2) is 24.4 Å². The molecule has 0 amide bonds. The molecular weight excluding hydrogens is 224 g/mol. The summed E-state index contributed by atoms with van der Waals surface area (Å²) in [6, 6.07) is 9.44. The van der Waals surface area contributed by atoms with E-state index in [1.54, 1.807) is 0 Å². The van der Waals surface area contributed by atoms with E-state index < -0.39 is 9.84 Å². The first-order valence-electron chi connectivity index (χ1n) is 4.82. The molecule has 1 radical (unpaired) electrons. The zero-order valence-corrected chi connectivity index (χ0v) is 9.44.